The molecule has 0 aliphatic heterocycles. The van der Waals surface area contributed by atoms with Gasteiger partial charge in [-0.3, -0.25) is 20.0 Å². The van der Waals surface area contributed by atoms with E-state index in [-0.39, 0.29) is 22.6 Å². The number of rotatable bonds is 6. The molecule has 0 heterocycles. The molecular weight excluding hydrogens is 452 g/mol. The number of hydrogen-bond donors (Lipinski definition) is 2. The Morgan fingerprint density at radius 1 is 0.556 bits per heavy atom. The molecule has 2 atom stereocenters. The highest BCUT2D eigenvalue weighted by atomic mass is 16.5. The van der Waals surface area contributed by atoms with Gasteiger partial charge >= 0.3 is 0 Å². The van der Waals surface area contributed by atoms with Crippen molar-refractivity contribution in [2.24, 2.45) is 46.3 Å². The standard InChI is InChI=1S/C30H46N2O4/c33-27(17-29-11-19-5-20(12-29)7-21(6-19)13-29)31(35)25-3-1-2-4-26(25)32(36)28(34)18-30-14-22-8-23(15-30)10-24(9-22)16-30/h19-26,35-36H,1-18H2/t19?,20?,21?,22?,23?,24?,25-,26?,29?,30?/m1/s1. The van der Waals surface area contributed by atoms with Crippen LogP contribution in [0, 0.1) is 46.3 Å². The molecule has 2 amide bonds. The van der Waals surface area contributed by atoms with Gasteiger partial charge in [0.1, 0.15) is 0 Å². The van der Waals surface area contributed by atoms with Crippen molar-refractivity contribution < 1.29 is 20.0 Å². The van der Waals surface area contributed by atoms with Gasteiger partial charge in [0.25, 0.3) is 0 Å². The summed E-state index contributed by atoms with van der Waals surface area (Å²) in [6, 6.07) is -0.990. The van der Waals surface area contributed by atoms with Crippen molar-refractivity contribution in [3.05, 3.63) is 0 Å². The highest BCUT2D eigenvalue weighted by Crippen LogP contribution is 2.62. The zero-order chi connectivity index (χ0) is 24.7. The summed E-state index contributed by atoms with van der Waals surface area (Å²) in [4.78, 5) is 26.9. The highest BCUT2D eigenvalue weighted by molar-refractivity contribution is 5.78. The third-order valence-electron chi connectivity index (χ3n) is 12.2. The number of amides is 2. The summed E-state index contributed by atoms with van der Waals surface area (Å²) in [6.45, 7) is 0. The quantitative estimate of drug-likeness (QED) is 0.350. The maximum absolute atomic E-state index is 13.5. The SMILES string of the molecule is O=C(CC12CC3CC(CC(C3)C1)C2)N(O)C1CCCC[C@H]1N(O)C(=O)CC12CC3CC(CC(C3)C1)C2. The van der Waals surface area contributed by atoms with E-state index in [0.717, 1.165) is 97.0 Å². The Hall–Kier alpha value is -1.14. The fraction of sp³-hybridized carbons (Fsp3) is 0.933. The van der Waals surface area contributed by atoms with Crippen LogP contribution in [0.1, 0.15) is 116 Å². The molecule has 0 spiro atoms. The van der Waals surface area contributed by atoms with Crippen molar-refractivity contribution in [2.75, 3.05) is 0 Å². The van der Waals surface area contributed by atoms with Crippen LogP contribution in [0.3, 0.4) is 0 Å². The van der Waals surface area contributed by atoms with E-state index >= 15 is 0 Å². The third kappa shape index (κ3) is 4.13. The number of carbonyl (C=O) groups excluding carboxylic acids is 2. The molecule has 9 fully saturated rings. The van der Waals surface area contributed by atoms with Crippen molar-refractivity contribution in [1.29, 1.82) is 0 Å². The van der Waals surface area contributed by atoms with Gasteiger partial charge in [0.2, 0.25) is 11.8 Å². The van der Waals surface area contributed by atoms with E-state index in [9.17, 15) is 20.0 Å². The van der Waals surface area contributed by atoms with E-state index in [1.165, 1.54) is 38.5 Å². The first-order valence-electron chi connectivity index (χ1n) is 15.3. The van der Waals surface area contributed by atoms with Crippen molar-refractivity contribution in [2.45, 2.75) is 128 Å². The fourth-order valence-electron chi connectivity index (χ4n) is 11.8. The second-order valence-corrected chi connectivity index (χ2v) is 15.1. The molecule has 9 rings (SSSR count). The molecule has 8 bridgehead atoms. The van der Waals surface area contributed by atoms with E-state index in [1.54, 1.807) is 0 Å². The zero-order valence-electron chi connectivity index (χ0n) is 22.0. The lowest BCUT2D eigenvalue weighted by Crippen LogP contribution is -2.57. The minimum Gasteiger partial charge on any atom is -0.286 e. The summed E-state index contributed by atoms with van der Waals surface area (Å²) in [5.41, 5.74) is 0.147. The maximum atomic E-state index is 13.5. The Labute approximate surface area is 216 Å². The molecule has 0 aromatic heterocycles. The first-order valence-corrected chi connectivity index (χ1v) is 15.3. The van der Waals surface area contributed by atoms with Crippen LogP contribution in [-0.4, -0.2) is 44.4 Å². The predicted molar refractivity (Wildman–Crippen MR) is 134 cm³/mol. The van der Waals surface area contributed by atoms with Crippen LogP contribution in [-0.2, 0) is 9.59 Å². The summed E-state index contributed by atoms with van der Waals surface area (Å²) < 4.78 is 0. The number of hydrogen-bond acceptors (Lipinski definition) is 4. The van der Waals surface area contributed by atoms with Crippen LogP contribution in [0.25, 0.3) is 0 Å². The number of carbonyl (C=O) groups is 2. The second-order valence-electron chi connectivity index (χ2n) is 15.1. The van der Waals surface area contributed by atoms with Gasteiger partial charge in [-0.15, -0.1) is 0 Å². The van der Waals surface area contributed by atoms with E-state index in [1.807, 2.05) is 0 Å². The van der Waals surface area contributed by atoms with Crippen molar-refractivity contribution in [1.82, 2.24) is 10.1 Å². The van der Waals surface area contributed by atoms with Crippen LogP contribution < -0.4 is 0 Å². The van der Waals surface area contributed by atoms with Crippen LogP contribution in [0.2, 0.25) is 0 Å². The molecule has 9 saturated carbocycles. The normalized spacial score (nSPS) is 48.3. The van der Waals surface area contributed by atoms with Crippen LogP contribution in [0.4, 0.5) is 0 Å². The summed E-state index contributed by atoms with van der Waals surface area (Å²) in [6.07, 6.45) is 18.9. The Morgan fingerprint density at radius 3 is 1.11 bits per heavy atom. The van der Waals surface area contributed by atoms with Gasteiger partial charge in [0, 0.05) is 12.8 Å². The zero-order valence-corrected chi connectivity index (χ0v) is 22.0. The molecule has 9 aliphatic rings. The van der Waals surface area contributed by atoms with E-state index < -0.39 is 12.1 Å². The Bertz CT molecular complexity index is 759. The molecule has 0 radical (unpaired) electrons. The number of hydroxylamine groups is 4. The highest BCUT2D eigenvalue weighted by Gasteiger charge is 2.54. The lowest BCUT2D eigenvalue weighted by Gasteiger charge is -2.57. The largest absolute Gasteiger partial charge is 0.286 e. The van der Waals surface area contributed by atoms with E-state index in [2.05, 4.69) is 0 Å². The molecule has 6 nitrogen and oxygen atoms in total. The van der Waals surface area contributed by atoms with Gasteiger partial charge in [0.05, 0.1) is 12.1 Å². The van der Waals surface area contributed by atoms with Crippen molar-refractivity contribution in [3.8, 4) is 0 Å². The van der Waals surface area contributed by atoms with Gasteiger partial charge in [-0.25, -0.2) is 10.1 Å². The lowest BCUT2D eigenvalue weighted by atomic mass is 9.49. The summed E-state index contributed by atoms with van der Waals surface area (Å²) in [7, 11) is 0. The molecule has 0 saturated heterocycles. The summed E-state index contributed by atoms with van der Waals surface area (Å²) in [5.74, 6) is 4.26. The second kappa shape index (κ2) is 8.69. The Kier molecular flexibility index (Phi) is 5.78. The van der Waals surface area contributed by atoms with E-state index in [0.29, 0.717) is 25.7 Å². The van der Waals surface area contributed by atoms with Gasteiger partial charge < -0.3 is 0 Å². The first-order chi connectivity index (χ1) is 17.3. The molecule has 9 aliphatic carbocycles. The van der Waals surface area contributed by atoms with E-state index in [4.69, 9.17) is 0 Å². The monoisotopic (exact) mass is 498 g/mol. The van der Waals surface area contributed by atoms with Crippen molar-refractivity contribution in [3.63, 3.8) is 0 Å². The van der Waals surface area contributed by atoms with Gasteiger partial charge in [-0.1, -0.05) is 12.8 Å². The maximum Gasteiger partial charge on any atom is 0.246 e. The van der Waals surface area contributed by atoms with Crippen LogP contribution >= 0.6 is 0 Å². The molecule has 0 aromatic carbocycles. The molecule has 36 heavy (non-hydrogen) atoms. The molecular formula is C30H46N2O4. The first kappa shape index (κ1) is 23.9. The van der Waals surface area contributed by atoms with Gasteiger partial charge in [-0.2, -0.15) is 0 Å². The molecule has 200 valence electrons. The molecule has 1 unspecified atom stereocenters. The smallest absolute Gasteiger partial charge is 0.246 e. The van der Waals surface area contributed by atoms with Gasteiger partial charge in [0.15, 0.2) is 0 Å². The fourth-order valence-corrected chi connectivity index (χ4v) is 11.8. The summed E-state index contributed by atoms with van der Waals surface area (Å²) in [5, 5.41) is 24.3. The molecule has 2 N–H and O–H groups in total. The number of nitrogens with zero attached hydrogens (tertiary/aromatic N) is 2. The van der Waals surface area contributed by atoms with Crippen LogP contribution in [0.5, 0.6) is 0 Å². The Balaban J connectivity index is 1.02. The van der Waals surface area contributed by atoms with Crippen LogP contribution in [0.15, 0.2) is 0 Å². The predicted octanol–water partition coefficient (Wildman–Crippen LogP) is 5.95. The average Bonchev–Trinajstić information content (AvgIpc) is 2.80. The third-order valence-corrected chi connectivity index (χ3v) is 12.2. The topological polar surface area (TPSA) is 81.1 Å². The molecule has 6 heteroatoms. The Morgan fingerprint density at radius 2 is 0.833 bits per heavy atom. The van der Waals surface area contributed by atoms with Gasteiger partial charge in [-0.05, 0) is 136 Å². The average molecular weight is 499 g/mol. The minimum atomic E-state index is -0.495. The van der Waals surface area contributed by atoms with Crippen molar-refractivity contribution >= 4 is 11.8 Å². The summed E-state index contributed by atoms with van der Waals surface area (Å²) >= 11 is 0. The minimum absolute atomic E-state index is 0.0736. The molecule has 0 aromatic rings. The lowest BCUT2D eigenvalue weighted by molar-refractivity contribution is -0.218.